The first-order valence-corrected chi connectivity index (χ1v) is 2.85. The van der Waals surface area contributed by atoms with Crippen LogP contribution in [0, 0.1) is 0 Å². The van der Waals surface area contributed by atoms with Gasteiger partial charge in [0.05, 0.1) is 0 Å². The molecule has 0 spiro atoms. The van der Waals surface area contributed by atoms with Gasteiger partial charge in [-0.3, -0.25) is 0 Å². The fourth-order valence-corrected chi connectivity index (χ4v) is 0.283. The lowest BCUT2D eigenvalue weighted by molar-refractivity contribution is 0.571. The molecule has 0 amide bonds. The molecule has 4 heteroatoms. The van der Waals surface area contributed by atoms with Gasteiger partial charge in [0, 0.05) is 12.6 Å². The van der Waals surface area contributed by atoms with Crippen LogP contribution in [-0.4, -0.2) is 16.3 Å². The van der Waals surface area contributed by atoms with Gasteiger partial charge in [0.2, 0.25) is 0 Å². The fraction of sp³-hybridized carbons (Fsp3) is 1.00. The van der Waals surface area contributed by atoms with E-state index in [4.69, 9.17) is 5.73 Å². The van der Waals surface area contributed by atoms with Crippen LogP contribution in [0.5, 0.6) is 0 Å². The number of nitrogens with two attached hydrogens (primary N) is 1. The highest BCUT2D eigenvalue weighted by molar-refractivity contribution is 7.93. The summed E-state index contributed by atoms with van der Waals surface area (Å²) < 4.78 is 1.49. The summed E-state index contributed by atoms with van der Waals surface area (Å²) >= 11 is 7.78. The Hall–Kier alpha value is 0.620. The third kappa shape index (κ3) is 3.22. The first-order chi connectivity index (χ1) is 3.18. The second-order valence-corrected chi connectivity index (χ2v) is 2.58. The lowest BCUT2D eigenvalue weighted by Crippen LogP contribution is -2.25. The molecule has 2 nitrogen and oxygen atoms in total. The molecule has 1 atom stereocenters. The van der Waals surface area contributed by atoms with Gasteiger partial charge in [-0.25, -0.2) is 0 Å². The zero-order valence-corrected chi connectivity index (χ0v) is 5.99. The number of thiol groups is 2. The monoisotopic (exact) mass is 138 g/mol. The minimum Gasteiger partial charge on any atom is -0.329 e. The van der Waals surface area contributed by atoms with Crippen LogP contribution in [0.25, 0.3) is 0 Å². The van der Waals surface area contributed by atoms with Crippen molar-refractivity contribution in [3.63, 3.8) is 0 Å². The SMILES string of the molecule is CC(CN)N(S)S. The first-order valence-electron chi connectivity index (χ1n) is 2.05. The van der Waals surface area contributed by atoms with E-state index in [9.17, 15) is 0 Å². The molecule has 0 aromatic heterocycles. The number of hydrogen-bond donors (Lipinski definition) is 3. The Kier molecular flexibility index (Phi) is 3.92. The molecule has 0 aromatic carbocycles. The van der Waals surface area contributed by atoms with Crippen LogP contribution in [0.1, 0.15) is 6.92 Å². The van der Waals surface area contributed by atoms with Gasteiger partial charge in [0.1, 0.15) is 0 Å². The van der Waals surface area contributed by atoms with Crippen molar-refractivity contribution in [2.45, 2.75) is 13.0 Å². The molecule has 0 rings (SSSR count). The van der Waals surface area contributed by atoms with E-state index in [-0.39, 0.29) is 6.04 Å². The van der Waals surface area contributed by atoms with Crippen molar-refractivity contribution in [2.75, 3.05) is 6.54 Å². The van der Waals surface area contributed by atoms with Gasteiger partial charge >= 0.3 is 0 Å². The first kappa shape index (κ1) is 7.62. The van der Waals surface area contributed by atoms with Crippen molar-refractivity contribution in [3.05, 3.63) is 0 Å². The quantitative estimate of drug-likeness (QED) is 0.480. The molecule has 0 radical (unpaired) electrons. The molecule has 0 bridgehead atoms. The zero-order valence-electron chi connectivity index (χ0n) is 4.20. The molecule has 7 heavy (non-hydrogen) atoms. The Morgan fingerprint density at radius 2 is 2.14 bits per heavy atom. The van der Waals surface area contributed by atoms with Crippen LogP contribution in [-0.2, 0) is 0 Å². The van der Waals surface area contributed by atoms with Gasteiger partial charge in [-0.15, -0.1) is 0 Å². The van der Waals surface area contributed by atoms with Crippen LogP contribution < -0.4 is 5.73 Å². The second kappa shape index (κ2) is 3.60. The highest BCUT2D eigenvalue weighted by Crippen LogP contribution is 2.02. The Morgan fingerprint density at radius 1 is 1.71 bits per heavy atom. The Balaban J connectivity index is 3.14. The number of rotatable bonds is 2. The van der Waals surface area contributed by atoms with E-state index in [0.717, 1.165) is 0 Å². The highest BCUT2D eigenvalue weighted by Gasteiger charge is 1.99. The lowest BCUT2D eigenvalue weighted by atomic mass is 10.4. The van der Waals surface area contributed by atoms with Crippen molar-refractivity contribution < 1.29 is 0 Å². The van der Waals surface area contributed by atoms with Crippen molar-refractivity contribution >= 4 is 25.6 Å². The molecule has 0 heterocycles. The maximum Gasteiger partial charge on any atom is 0.0404 e. The third-order valence-electron chi connectivity index (χ3n) is 0.735. The van der Waals surface area contributed by atoms with Crippen molar-refractivity contribution in [3.8, 4) is 0 Å². The zero-order chi connectivity index (χ0) is 5.86. The van der Waals surface area contributed by atoms with Crippen LogP contribution in [0.4, 0.5) is 0 Å². The molecule has 0 fully saturated rings. The maximum absolute atomic E-state index is 5.23. The molecule has 1 unspecified atom stereocenters. The Morgan fingerprint density at radius 3 is 2.14 bits per heavy atom. The third-order valence-corrected chi connectivity index (χ3v) is 1.52. The Bertz CT molecular complexity index is 48.2. The van der Waals surface area contributed by atoms with Gasteiger partial charge in [-0.2, -0.15) is 3.71 Å². The van der Waals surface area contributed by atoms with Crippen LogP contribution >= 0.6 is 25.6 Å². The average Bonchev–Trinajstić information content (AvgIpc) is 1.65. The second-order valence-electron chi connectivity index (χ2n) is 1.41. The molecule has 44 valence electrons. The van der Waals surface area contributed by atoms with Crippen molar-refractivity contribution in [1.82, 2.24) is 3.71 Å². The summed E-state index contributed by atoms with van der Waals surface area (Å²) in [6.45, 7) is 2.53. The summed E-state index contributed by atoms with van der Waals surface area (Å²) in [5.41, 5.74) is 5.23. The van der Waals surface area contributed by atoms with Crippen LogP contribution in [0.15, 0.2) is 0 Å². The van der Waals surface area contributed by atoms with E-state index in [0.29, 0.717) is 6.54 Å². The van der Waals surface area contributed by atoms with E-state index in [2.05, 4.69) is 25.6 Å². The summed E-state index contributed by atoms with van der Waals surface area (Å²) in [6.07, 6.45) is 0. The summed E-state index contributed by atoms with van der Waals surface area (Å²) in [7, 11) is 0. The van der Waals surface area contributed by atoms with Gasteiger partial charge < -0.3 is 5.73 Å². The molecule has 0 saturated carbocycles. The smallest absolute Gasteiger partial charge is 0.0404 e. The van der Waals surface area contributed by atoms with Gasteiger partial charge in [-0.1, -0.05) is 25.6 Å². The van der Waals surface area contributed by atoms with E-state index >= 15 is 0 Å². The molecule has 0 aliphatic rings. The van der Waals surface area contributed by atoms with Gasteiger partial charge in [0.15, 0.2) is 0 Å². The largest absolute Gasteiger partial charge is 0.329 e. The summed E-state index contributed by atoms with van der Waals surface area (Å²) in [5, 5.41) is 0. The van der Waals surface area contributed by atoms with Crippen molar-refractivity contribution in [1.29, 1.82) is 0 Å². The van der Waals surface area contributed by atoms with E-state index in [1.54, 1.807) is 0 Å². The summed E-state index contributed by atoms with van der Waals surface area (Å²) in [5.74, 6) is 0. The van der Waals surface area contributed by atoms with Crippen molar-refractivity contribution in [2.24, 2.45) is 5.73 Å². The maximum atomic E-state index is 5.23. The normalized spacial score (nSPS) is 15.0. The van der Waals surface area contributed by atoms with Gasteiger partial charge in [0.25, 0.3) is 0 Å². The highest BCUT2D eigenvalue weighted by atomic mass is 32.2. The predicted octanol–water partition coefficient (Wildman–Crippen LogP) is 0.325. The predicted molar refractivity (Wildman–Crippen MR) is 38.3 cm³/mol. The average molecular weight is 138 g/mol. The van der Waals surface area contributed by atoms with Crippen LogP contribution in [0.3, 0.4) is 0 Å². The molecular weight excluding hydrogens is 128 g/mol. The van der Waals surface area contributed by atoms with Crippen LogP contribution in [0.2, 0.25) is 0 Å². The minimum atomic E-state index is 0.242. The molecule has 2 N–H and O–H groups in total. The topological polar surface area (TPSA) is 29.3 Å². The fourth-order valence-electron chi connectivity index (χ4n) is 0.0943. The molecular formula is C3H10N2S2. The summed E-state index contributed by atoms with van der Waals surface area (Å²) in [4.78, 5) is 0. The number of nitrogens with zero attached hydrogens (tertiary/aromatic N) is 1. The van der Waals surface area contributed by atoms with E-state index in [1.807, 2.05) is 6.92 Å². The Labute approximate surface area is 55.1 Å². The molecule has 0 aliphatic heterocycles. The summed E-state index contributed by atoms with van der Waals surface area (Å²) in [6, 6.07) is 0.242. The van der Waals surface area contributed by atoms with E-state index < -0.39 is 0 Å². The molecule has 0 aliphatic carbocycles. The number of hydrogen-bond acceptors (Lipinski definition) is 4. The van der Waals surface area contributed by atoms with E-state index in [1.165, 1.54) is 3.71 Å². The standard InChI is InChI=1S/C3H10N2S2/c1-3(2-4)5(6)7/h3,6-7H,2,4H2,1H3. The lowest BCUT2D eigenvalue weighted by Gasteiger charge is -2.13. The molecule has 0 aromatic rings. The minimum absolute atomic E-state index is 0.242. The molecule has 0 saturated heterocycles. The van der Waals surface area contributed by atoms with Gasteiger partial charge in [-0.05, 0) is 6.92 Å².